The summed E-state index contributed by atoms with van der Waals surface area (Å²) in [4.78, 5) is 21.4. The summed E-state index contributed by atoms with van der Waals surface area (Å²) < 4.78 is 45.8. The third-order valence-corrected chi connectivity index (χ3v) is 7.86. The molecule has 11 heteroatoms. The number of pyridine rings is 2. The van der Waals surface area contributed by atoms with Gasteiger partial charge in [0.05, 0.1) is 23.2 Å². The normalized spacial score (nSPS) is 13.4. The molecule has 1 unspecified atom stereocenters. The van der Waals surface area contributed by atoms with Gasteiger partial charge in [-0.1, -0.05) is 45.1 Å². The molecule has 1 atom stereocenters. The number of Topliss-reactive ketones (excluding diaryl/α,β-unsaturated/α-hetero) is 1. The molecule has 3 heterocycles. The van der Waals surface area contributed by atoms with E-state index in [0.717, 1.165) is 22.6 Å². The molecule has 0 radical (unpaired) electrons. The number of carbonyl (C=O) groups is 1. The maximum atomic E-state index is 12.6. The Morgan fingerprint density at radius 3 is 2.57 bits per heavy atom. The smallest absolute Gasteiger partial charge is 0.374 e. The lowest BCUT2D eigenvalue weighted by Crippen LogP contribution is -2.35. The summed E-state index contributed by atoms with van der Waals surface area (Å²) in [6.07, 6.45) is 0.678. The molecular formula is C26H34ClF3N4O2Si. The maximum Gasteiger partial charge on any atom is 0.389 e. The van der Waals surface area contributed by atoms with Gasteiger partial charge < -0.3 is 14.6 Å². The SMILES string of the molecule is CC(C)C(Nc1cncc(-c2cn(COCC[Si](C)(C)C)c3ncc(Cl)cc23)c1)C(=O)CCC(F)(F)F. The molecule has 37 heavy (non-hydrogen) atoms. The average molecular weight is 555 g/mol. The lowest BCUT2D eigenvalue weighted by Gasteiger charge is -2.22. The van der Waals surface area contributed by atoms with Crippen LogP contribution in [0.2, 0.25) is 30.7 Å². The van der Waals surface area contributed by atoms with Crippen LogP contribution in [-0.2, 0) is 16.3 Å². The number of rotatable bonds is 12. The molecule has 0 aliphatic heterocycles. The number of fused-ring (bicyclic) bond motifs is 1. The second kappa shape index (κ2) is 12.0. The number of ether oxygens (including phenoxy) is 1. The first-order valence-electron chi connectivity index (χ1n) is 12.3. The van der Waals surface area contributed by atoms with Crippen LogP contribution in [0.4, 0.5) is 18.9 Å². The van der Waals surface area contributed by atoms with Crippen molar-refractivity contribution < 1.29 is 22.7 Å². The molecule has 0 aliphatic carbocycles. The second-order valence-electron chi connectivity index (χ2n) is 10.8. The molecule has 3 rings (SSSR count). The highest BCUT2D eigenvalue weighted by molar-refractivity contribution is 6.76. The third kappa shape index (κ3) is 8.54. The van der Waals surface area contributed by atoms with Crippen LogP contribution < -0.4 is 5.32 Å². The van der Waals surface area contributed by atoms with Crippen LogP contribution >= 0.6 is 11.6 Å². The minimum atomic E-state index is -4.37. The second-order valence-corrected chi connectivity index (χ2v) is 16.9. The standard InChI is InChI=1S/C26H34ClF3N4O2Si/c1-17(2)24(23(35)6-7-26(28,29)30)33-20-10-18(12-31-14-20)22-15-34(16-36-8-9-37(3,4)5)25-21(22)11-19(27)13-32-25/h10-15,17,24,33H,6-9,16H2,1-5H3. The van der Waals surface area contributed by atoms with Gasteiger partial charge in [-0.2, -0.15) is 13.2 Å². The zero-order valence-corrected chi connectivity index (χ0v) is 23.6. The van der Waals surface area contributed by atoms with Crippen LogP contribution in [0.1, 0.15) is 26.7 Å². The van der Waals surface area contributed by atoms with E-state index >= 15 is 0 Å². The molecule has 0 spiro atoms. The molecule has 0 aromatic carbocycles. The van der Waals surface area contributed by atoms with Gasteiger partial charge in [-0.3, -0.25) is 9.78 Å². The molecule has 0 fully saturated rings. The summed E-state index contributed by atoms with van der Waals surface area (Å²) in [5.74, 6) is -0.691. The Morgan fingerprint density at radius 1 is 1.19 bits per heavy atom. The van der Waals surface area contributed by atoms with Gasteiger partial charge >= 0.3 is 6.18 Å². The number of hydrogen-bond donors (Lipinski definition) is 1. The van der Waals surface area contributed by atoms with E-state index in [1.165, 1.54) is 0 Å². The van der Waals surface area contributed by atoms with Crippen LogP contribution in [0.5, 0.6) is 0 Å². The first-order chi connectivity index (χ1) is 17.2. The number of alkyl halides is 3. The van der Waals surface area contributed by atoms with E-state index in [0.29, 0.717) is 29.7 Å². The van der Waals surface area contributed by atoms with Crippen molar-refractivity contribution in [3.63, 3.8) is 0 Å². The molecule has 6 nitrogen and oxygen atoms in total. The van der Waals surface area contributed by atoms with Gasteiger partial charge in [0, 0.05) is 62.4 Å². The maximum absolute atomic E-state index is 12.6. The van der Waals surface area contributed by atoms with Crippen LogP contribution in [0.25, 0.3) is 22.2 Å². The van der Waals surface area contributed by atoms with E-state index in [-0.39, 0.29) is 5.92 Å². The molecule has 0 saturated heterocycles. The first kappa shape index (κ1) is 29.1. The topological polar surface area (TPSA) is 69.0 Å². The number of aromatic nitrogens is 3. The van der Waals surface area contributed by atoms with Crippen LogP contribution in [0, 0.1) is 5.92 Å². The lowest BCUT2D eigenvalue weighted by atomic mass is 9.96. The largest absolute Gasteiger partial charge is 0.389 e. The molecule has 0 bridgehead atoms. The Bertz CT molecular complexity index is 1220. The molecule has 3 aromatic heterocycles. The zero-order valence-electron chi connectivity index (χ0n) is 21.8. The number of ketones is 1. The van der Waals surface area contributed by atoms with Crippen LogP contribution in [0.15, 0.2) is 36.9 Å². The monoisotopic (exact) mass is 554 g/mol. The highest BCUT2D eigenvalue weighted by Crippen LogP contribution is 2.33. The fraction of sp³-hybridized carbons (Fsp3) is 0.500. The zero-order chi connectivity index (χ0) is 27.4. The van der Waals surface area contributed by atoms with E-state index < -0.39 is 38.9 Å². The Hall–Kier alpha value is -2.43. The van der Waals surface area contributed by atoms with Gasteiger partial charge in [0.15, 0.2) is 5.78 Å². The predicted octanol–water partition coefficient (Wildman–Crippen LogP) is 7.41. The van der Waals surface area contributed by atoms with Crippen molar-refractivity contribution in [2.75, 3.05) is 11.9 Å². The van der Waals surface area contributed by atoms with Crippen LogP contribution in [-0.4, -0.2) is 47.2 Å². The Labute approximate surface area is 221 Å². The molecule has 0 amide bonds. The Morgan fingerprint density at radius 2 is 1.92 bits per heavy atom. The quantitative estimate of drug-likeness (QED) is 0.186. The number of anilines is 1. The summed E-state index contributed by atoms with van der Waals surface area (Å²) >= 11 is 6.25. The Kier molecular flexibility index (Phi) is 9.41. The first-order valence-corrected chi connectivity index (χ1v) is 16.4. The minimum absolute atomic E-state index is 0.206. The summed E-state index contributed by atoms with van der Waals surface area (Å²) in [7, 11) is -1.22. The molecule has 1 N–H and O–H groups in total. The van der Waals surface area contributed by atoms with Crippen molar-refractivity contribution in [3.8, 4) is 11.1 Å². The van der Waals surface area contributed by atoms with E-state index in [9.17, 15) is 18.0 Å². The van der Waals surface area contributed by atoms with Crippen molar-refractivity contribution in [2.24, 2.45) is 5.92 Å². The van der Waals surface area contributed by atoms with Crippen molar-refractivity contribution >= 4 is 42.2 Å². The van der Waals surface area contributed by atoms with Gasteiger partial charge in [0.1, 0.15) is 12.4 Å². The number of nitrogens with zero attached hydrogens (tertiary/aromatic N) is 3. The number of halogens is 4. The third-order valence-electron chi connectivity index (χ3n) is 5.95. The molecule has 0 aliphatic rings. The number of carbonyl (C=O) groups excluding carboxylic acids is 1. The predicted molar refractivity (Wildman–Crippen MR) is 145 cm³/mol. The molecule has 3 aromatic rings. The highest BCUT2D eigenvalue weighted by Gasteiger charge is 2.31. The van der Waals surface area contributed by atoms with E-state index in [4.69, 9.17) is 16.3 Å². The van der Waals surface area contributed by atoms with Gasteiger partial charge in [-0.15, -0.1) is 0 Å². The molecular weight excluding hydrogens is 521 g/mol. The Balaban J connectivity index is 1.86. The van der Waals surface area contributed by atoms with Crippen molar-refractivity contribution in [3.05, 3.63) is 41.9 Å². The van der Waals surface area contributed by atoms with Gasteiger partial charge in [0.25, 0.3) is 0 Å². The summed E-state index contributed by atoms with van der Waals surface area (Å²) in [6.45, 7) is 11.5. The average Bonchev–Trinajstić information content (AvgIpc) is 3.15. The summed E-state index contributed by atoms with van der Waals surface area (Å²) in [5, 5.41) is 4.41. The van der Waals surface area contributed by atoms with Crippen molar-refractivity contribution in [1.29, 1.82) is 0 Å². The fourth-order valence-electron chi connectivity index (χ4n) is 3.90. The highest BCUT2D eigenvalue weighted by atomic mass is 35.5. The summed E-state index contributed by atoms with van der Waals surface area (Å²) in [6, 6.07) is 3.94. The lowest BCUT2D eigenvalue weighted by molar-refractivity contribution is -0.143. The van der Waals surface area contributed by atoms with Gasteiger partial charge in [-0.05, 0) is 24.1 Å². The number of hydrogen-bond acceptors (Lipinski definition) is 5. The summed E-state index contributed by atoms with van der Waals surface area (Å²) in [5.41, 5.74) is 2.84. The van der Waals surface area contributed by atoms with Gasteiger partial charge in [-0.25, -0.2) is 4.98 Å². The van der Waals surface area contributed by atoms with Gasteiger partial charge in [0.2, 0.25) is 0 Å². The molecule has 0 saturated carbocycles. The van der Waals surface area contributed by atoms with E-state index in [1.807, 2.05) is 22.9 Å². The van der Waals surface area contributed by atoms with Crippen molar-refractivity contribution in [1.82, 2.24) is 14.5 Å². The van der Waals surface area contributed by atoms with Crippen molar-refractivity contribution in [2.45, 2.75) is 71.3 Å². The van der Waals surface area contributed by atoms with E-state index in [2.05, 4.69) is 34.9 Å². The molecule has 202 valence electrons. The van der Waals surface area contributed by atoms with E-state index in [1.54, 1.807) is 32.4 Å². The minimum Gasteiger partial charge on any atom is -0.374 e. The fourth-order valence-corrected chi connectivity index (χ4v) is 4.82. The number of nitrogens with one attached hydrogen (secondary N) is 1. The van der Waals surface area contributed by atoms with Crippen LogP contribution in [0.3, 0.4) is 0 Å².